The third-order valence-electron chi connectivity index (χ3n) is 2.66. The number of anilines is 2. The first-order valence-electron chi connectivity index (χ1n) is 5.49. The van der Waals surface area contributed by atoms with Crippen LogP contribution in [0.5, 0.6) is 0 Å². The second-order valence-corrected chi connectivity index (χ2v) is 4.79. The number of amidine groups is 1. The van der Waals surface area contributed by atoms with Crippen LogP contribution in [0.4, 0.5) is 11.5 Å². The summed E-state index contributed by atoms with van der Waals surface area (Å²) in [6, 6.07) is 8.94. The lowest BCUT2D eigenvalue weighted by atomic mass is 10.1. The first-order valence-corrected chi connectivity index (χ1v) is 6.24. The third kappa shape index (κ3) is 2.80. The van der Waals surface area contributed by atoms with Gasteiger partial charge in [-0.2, -0.15) is 0 Å². The maximum Gasteiger partial charge on any atom is 0.151 e. The van der Waals surface area contributed by atoms with Crippen LogP contribution in [0, 0.1) is 5.41 Å². The van der Waals surface area contributed by atoms with Gasteiger partial charge in [0.15, 0.2) is 5.82 Å². The molecular weight excluding hydrogens is 283 g/mol. The number of pyridine rings is 1. The van der Waals surface area contributed by atoms with E-state index < -0.39 is 0 Å². The van der Waals surface area contributed by atoms with Crippen LogP contribution in [0.15, 0.2) is 36.5 Å². The van der Waals surface area contributed by atoms with Crippen molar-refractivity contribution in [1.82, 2.24) is 4.98 Å². The number of benzene rings is 1. The molecule has 98 valence electrons. The molecule has 6 heteroatoms. The van der Waals surface area contributed by atoms with Gasteiger partial charge in [0.2, 0.25) is 0 Å². The van der Waals surface area contributed by atoms with Crippen molar-refractivity contribution in [3.05, 3.63) is 52.1 Å². The van der Waals surface area contributed by atoms with Crippen LogP contribution in [0.1, 0.15) is 5.56 Å². The largest absolute Gasteiger partial charge is 0.384 e. The van der Waals surface area contributed by atoms with Gasteiger partial charge in [-0.1, -0.05) is 35.3 Å². The first-order chi connectivity index (χ1) is 9.00. The number of hydrogen-bond donors (Lipinski definition) is 2. The van der Waals surface area contributed by atoms with E-state index in [-0.39, 0.29) is 5.84 Å². The van der Waals surface area contributed by atoms with Crippen LogP contribution in [0.3, 0.4) is 0 Å². The fourth-order valence-electron chi connectivity index (χ4n) is 1.76. The summed E-state index contributed by atoms with van der Waals surface area (Å²) in [5.41, 5.74) is 6.95. The zero-order valence-electron chi connectivity index (χ0n) is 10.2. The van der Waals surface area contributed by atoms with E-state index >= 15 is 0 Å². The Labute approximate surface area is 121 Å². The van der Waals surface area contributed by atoms with E-state index in [4.69, 9.17) is 34.3 Å². The highest BCUT2D eigenvalue weighted by molar-refractivity contribution is 6.36. The quantitative estimate of drug-likeness (QED) is 0.673. The Bertz CT molecular complexity index is 628. The minimum Gasteiger partial charge on any atom is -0.384 e. The molecule has 0 saturated carbocycles. The Morgan fingerprint density at radius 1 is 1.32 bits per heavy atom. The van der Waals surface area contributed by atoms with Gasteiger partial charge in [-0.3, -0.25) is 5.41 Å². The highest BCUT2D eigenvalue weighted by Gasteiger charge is 2.14. The van der Waals surface area contributed by atoms with E-state index in [1.54, 1.807) is 17.0 Å². The molecule has 3 N–H and O–H groups in total. The Morgan fingerprint density at radius 2 is 2.00 bits per heavy atom. The van der Waals surface area contributed by atoms with Crippen molar-refractivity contribution >= 4 is 40.5 Å². The van der Waals surface area contributed by atoms with Crippen molar-refractivity contribution < 1.29 is 0 Å². The lowest BCUT2D eigenvalue weighted by Crippen LogP contribution is -2.19. The molecule has 1 aromatic heterocycles. The highest BCUT2D eigenvalue weighted by atomic mass is 35.5. The summed E-state index contributed by atoms with van der Waals surface area (Å²) in [4.78, 5) is 5.98. The van der Waals surface area contributed by atoms with Crippen molar-refractivity contribution in [3.63, 3.8) is 0 Å². The number of nitrogens with two attached hydrogens (primary N) is 1. The Morgan fingerprint density at radius 3 is 2.63 bits per heavy atom. The monoisotopic (exact) mass is 294 g/mol. The fraction of sp³-hybridized carbons (Fsp3) is 0.0769. The van der Waals surface area contributed by atoms with E-state index in [0.29, 0.717) is 21.4 Å². The zero-order valence-corrected chi connectivity index (χ0v) is 11.7. The predicted octanol–water partition coefficient (Wildman–Crippen LogP) is 3.44. The van der Waals surface area contributed by atoms with Gasteiger partial charge in [0, 0.05) is 18.8 Å². The molecule has 0 radical (unpaired) electrons. The normalized spacial score (nSPS) is 10.3. The fourth-order valence-corrected chi connectivity index (χ4v) is 2.27. The van der Waals surface area contributed by atoms with Crippen LogP contribution in [-0.4, -0.2) is 17.9 Å². The molecule has 0 aliphatic rings. The maximum atomic E-state index is 7.60. The molecule has 1 heterocycles. The highest BCUT2D eigenvalue weighted by Crippen LogP contribution is 2.31. The summed E-state index contributed by atoms with van der Waals surface area (Å²) in [6.07, 6.45) is 1.52. The van der Waals surface area contributed by atoms with Crippen molar-refractivity contribution in [2.45, 2.75) is 0 Å². The molecule has 2 aromatic rings. The van der Waals surface area contributed by atoms with E-state index in [0.717, 1.165) is 5.69 Å². The molecule has 2 rings (SSSR count). The number of nitrogens with one attached hydrogen (secondary N) is 1. The summed E-state index contributed by atoms with van der Waals surface area (Å²) in [7, 11) is 1.81. The smallest absolute Gasteiger partial charge is 0.151 e. The second kappa shape index (κ2) is 5.47. The van der Waals surface area contributed by atoms with Gasteiger partial charge in [0.05, 0.1) is 15.7 Å². The van der Waals surface area contributed by atoms with Gasteiger partial charge >= 0.3 is 0 Å². The average molecular weight is 295 g/mol. The molecule has 0 saturated heterocycles. The van der Waals surface area contributed by atoms with E-state index in [1.807, 2.05) is 25.2 Å². The van der Waals surface area contributed by atoms with E-state index in [2.05, 4.69) is 4.98 Å². The summed E-state index contributed by atoms with van der Waals surface area (Å²) >= 11 is 12.0. The van der Waals surface area contributed by atoms with Crippen LogP contribution in [0.2, 0.25) is 10.0 Å². The number of hydrogen-bond acceptors (Lipinski definition) is 3. The number of halogens is 2. The SMILES string of the molecule is CN(c1ccccc1C(=N)N)c1ncc(Cl)cc1Cl. The van der Waals surface area contributed by atoms with Crippen LogP contribution >= 0.6 is 23.2 Å². The molecule has 0 aliphatic carbocycles. The molecule has 0 spiro atoms. The topological polar surface area (TPSA) is 66.0 Å². The van der Waals surface area contributed by atoms with Gasteiger partial charge in [0.1, 0.15) is 5.84 Å². The lowest BCUT2D eigenvalue weighted by Gasteiger charge is -2.22. The number of para-hydroxylation sites is 1. The van der Waals surface area contributed by atoms with Gasteiger partial charge in [-0.05, 0) is 18.2 Å². The number of nitrogens with zero attached hydrogens (tertiary/aromatic N) is 2. The summed E-state index contributed by atoms with van der Waals surface area (Å²) in [5, 5.41) is 8.51. The minimum absolute atomic E-state index is 0.00691. The van der Waals surface area contributed by atoms with Crippen LogP contribution in [-0.2, 0) is 0 Å². The molecular formula is C13H12Cl2N4. The summed E-state index contributed by atoms with van der Waals surface area (Å²) in [5.74, 6) is 0.548. The average Bonchev–Trinajstić information content (AvgIpc) is 2.38. The van der Waals surface area contributed by atoms with E-state index in [9.17, 15) is 0 Å². The minimum atomic E-state index is -0.00691. The maximum absolute atomic E-state index is 7.60. The van der Waals surface area contributed by atoms with Gasteiger partial charge in [-0.25, -0.2) is 4.98 Å². The Hall–Kier alpha value is -1.78. The van der Waals surface area contributed by atoms with Gasteiger partial charge in [0.25, 0.3) is 0 Å². The zero-order chi connectivity index (χ0) is 14.0. The third-order valence-corrected chi connectivity index (χ3v) is 3.15. The lowest BCUT2D eigenvalue weighted by molar-refractivity contribution is 1.12. The molecule has 0 bridgehead atoms. The summed E-state index contributed by atoms with van der Waals surface area (Å²) in [6.45, 7) is 0. The molecule has 19 heavy (non-hydrogen) atoms. The molecule has 0 amide bonds. The van der Waals surface area contributed by atoms with Crippen molar-refractivity contribution in [3.8, 4) is 0 Å². The van der Waals surface area contributed by atoms with Crippen molar-refractivity contribution in [2.24, 2.45) is 5.73 Å². The van der Waals surface area contributed by atoms with Crippen molar-refractivity contribution in [2.75, 3.05) is 11.9 Å². The number of aromatic nitrogens is 1. The Balaban J connectivity index is 2.50. The number of rotatable bonds is 3. The molecule has 1 aromatic carbocycles. The standard InChI is InChI=1S/C13H12Cl2N4/c1-19(13-10(15)6-8(14)7-18-13)11-5-3-2-4-9(11)12(16)17/h2-7H,1H3,(H3,16,17). The molecule has 0 unspecified atom stereocenters. The Kier molecular flexibility index (Phi) is 3.93. The van der Waals surface area contributed by atoms with Gasteiger partial charge < -0.3 is 10.6 Å². The first kappa shape index (κ1) is 13.6. The van der Waals surface area contributed by atoms with Gasteiger partial charge in [-0.15, -0.1) is 0 Å². The summed E-state index contributed by atoms with van der Waals surface area (Å²) < 4.78 is 0. The molecule has 0 atom stereocenters. The second-order valence-electron chi connectivity index (χ2n) is 3.95. The number of nitrogen functional groups attached to an aromatic ring is 1. The van der Waals surface area contributed by atoms with E-state index in [1.165, 1.54) is 6.20 Å². The van der Waals surface area contributed by atoms with Crippen LogP contribution < -0.4 is 10.6 Å². The molecule has 0 aliphatic heterocycles. The molecule has 4 nitrogen and oxygen atoms in total. The van der Waals surface area contributed by atoms with Crippen molar-refractivity contribution in [1.29, 1.82) is 5.41 Å². The predicted molar refractivity (Wildman–Crippen MR) is 79.8 cm³/mol. The van der Waals surface area contributed by atoms with Crippen LogP contribution in [0.25, 0.3) is 0 Å². The molecule has 0 fully saturated rings.